The maximum atomic E-state index is 12.5. The molecular weight excluding hydrogens is 324 g/mol. The summed E-state index contributed by atoms with van der Waals surface area (Å²) in [7, 11) is 0. The molecule has 0 saturated carbocycles. The van der Waals surface area contributed by atoms with Crippen LogP contribution in [0, 0.1) is 0 Å². The van der Waals surface area contributed by atoms with E-state index in [9.17, 15) is 4.79 Å². The number of benzene rings is 1. The quantitative estimate of drug-likeness (QED) is 0.844. The smallest absolute Gasteiger partial charge is 0.254 e. The Labute approximate surface area is 147 Å². The fraction of sp³-hybridized carbons (Fsp3) is 0.444. The highest BCUT2D eigenvalue weighted by atomic mass is 35.5. The molecule has 1 aromatic carbocycles. The first kappa shape index (κ1) is 17.0. The Morgan fingerprint density at radius 1 is 1.33 bits per heavy atom. The molecule has 0 bridgehead atoms. The molecule has 2 N–H and O–H groups in total. The zero-order valence-electron chi connectivity index (χ0n) is 13.9. The summed E-state index contributed by atoms with van der Waals surface area (Å²) in [4.78, 5) is 14.9. The standard InChI is InChI=1S/C18H23ClN4O/c1-2-16-15(11-21-22-16)18(24)20-12-17(23-9-3-4-10-23)13-5-7-14(19)8-6-13/h5-8,11,17H,2-4,9-10,12H2,1H3,(H,20,24)(H,21,22)/t17-/m0/s1. The van der Waals surface area contributed by atoms with Crippen LogP contribution in [0.5, 0.6) is 0 Å². The van der Waals surface area contributed by atoms with Crippen LogP contribution in [0.2, 0.25) is 5.02 Å². The molecule has 0 aliphatic carbocycles. The van der Waals surface area contributed by atoms with Crippen molar-refractivity contribution < 1.29 is 4.79 Å². The molecule has 1 aliphatic heterocycles. The van der Waals surface area contributed by atoms with Gasteiger partial charge in [-0.15, -0.1) is 0 Å². The number of nitrogens with one attached hydrogen (secondary N) is 2. The number of rotatable bonds is 6. The van der Waals surface area contributed by atoms with E-state index in [-0.39, 0.29) is 11.9 Å². The van der Waals surface area contributed by atoms with Gasteiger partial charge in [-0.05, 0) is 50.0 Å². The van der Waals surface area contributed by atoms with Crippen molar-refractivity contribution in [3.63, 3.8) is 0 Å². The Morgan fingerprint density at radius 3 is 2.71 bits per heavy atom. The second-order valence-corrected chi connectivity index (χ2v) is 6.57. The molecule has 1 saturated heterocycles. The zero-order valence-corrected chi connectivity index (χ0v) is 14.6. The summed E-state index contributed by atoms with van der Waals surface area (Å²) in [6.07, 6.45) is 4.77. The lowest BCUT2D eigenvalue weighted by Gasteiger charge is -2.28. The molecule has 0 unspecified atom stereocenters. The third-order valence-corrected chi connectivity index (χ3v) is 4.86. The third kappa shape index (κ3) is 3.79. The highest BCUT2D eigenvalue weighted by Gasteiger charge is 2.24. The van der Waals surface area contributed by atoms with E-state index in [0.29, 0.717) is 12.1 Å². The number of carbonyl (C=O) groups excluding carboxylic acids is 1. The maximum Gasteiger partial charge on any atom is 0.254 e. The summed E-state index contributed by atoms with van der Waals surface area (Å²) in [5.74, 6) is -0.0706. The predicted molar refractivity (Wildman–Crippen MR) is 95.3 cm³/mol. The van der Waals surface area contributed by atoms with Gasteiger partial charge in [-0.3, -0.25) is 14.8 Å². The number of amides is 1. The Morgan fingerprint density at radius 2 is 2.04 bits per heavy atom. The van der Waals surface area contributed by atoms with Crippen LogP contribution >= 0.6 is 11.6 Å². The molecule has 1 amide bonds. The molecule has 3 rings (SSSR count). The van der Waals surface area contributed by atoms with Crippen LogP contribution in [0.25, 0.3) is 0 Å². The summed E-state index contributed by atoms with van der Waals surface area (Å²) in [6.45, 7) is 4.71. The molecule has 128 valence electrons. The summed E-state index contributed by atoms with van der Waals surface area (Å²) in [6, 6.07) is 8.09. The molecule has 2 heterocycles. The number of aryl methyl sites for hydroxylation is 1. The van der Waals surface area contributed by atoms with Gasteiger partial charge in [0.2, 0.25) is 0 Å². The predicted octanol–water partition coefficient (Wildman–Crippen LogP) is 3.19. The highest BCUT2D eigenvalue weighted by Crippen LogP contribution is 2.25. The number of halogens is 1. The summed E-state index contributed by atoms with van der Waals surface area (Å²) in [5.41, 5.74) is 2.69. The largest absolute Gasteiger partial charge is 0.350 e. The maximum absolute atomic E-state index is 12.5. The first-order chi connectivity index (χ1) is 11.7. The molecule has 1 fully saturated rings. The van der Waals surface area contributed by atoms with Crippen molar-refractivity contribution in [3.05, 3.63) is 52.3 Å². The van der Waals surface area contributed by atoms with Gasteiger partial charge in [0.15, 0.2) is 0 Å². The first-order valence-corrected chi connectivity index (χ1v) is 8.86. The molecule has 1 aliphatic rings. The van der Waals surface area contributed by atoms with Crippen LogP contribution in [-0.4, -0.2) is 40.6 Å². The van der Waals surface area contributed by atoms with Gasteiger partial charge in [0.05, 0.1) is 17.8 Å². The second-order valence-electron chi connectivity index (χ2n) is 6.14. The lowest BCUT2D eigenvalue weighted by molar-refractivity contribution is 0.0937. The van der Waals surface area contributed by atoms with E-state index in [1.54, 1.807) is 6.20 Å². The minimum absolute atomic E-state index is 0.0706. The fourth-order valence-electron chi connectivity index (χ4n) is 3.26. The number of nitrogens with zero attached hydrogens (tertiary/aromatic N) is 2. The number of hydrogen-bond donors (Lipinski definition) is 2. The number of aromatic amines is 1. The van der Waals surface area contributed by atoms with Crippen LogP contribution in [0.15, 0.2) is 30.5 Å². The van der Waals surface area contributed by atoms with Gasteiger partial charge in [0.1, 0.15) is 0 Å². The summed E-state index contributed by atoms with van der Waals surface area (Å²) >= 11 is 6.01. The highest BCUT2D eigenvalue weighted by molar-refractivity contribution is 6.30. The molecule has 0 radical (unpaired) electrons. The van der Waals surface area contributed by atoms with Crippen molar-refractivity contribution in [2.75, 3.05) is 19.6 Å². The van der Waals surface area contributed by atoms with E-state index >= 15 is 0 Å². The number of carbonyl (C=O) groups is 1. The topological polar surface area (TPSA) is 61.0 Å². The van der Waals surface area contributed by atoms with Gasteiger partial charge in [0.25, 0.3) is 5.91 Å². The van der Waals surface area contributed by atoms with Crippen LogP contribution < -0.4 is 5.32 Å². The Kier molecular flexibility index (Phi) is 5.53. The van der Waals surface area contributed by atoms with Crippen LogP contribution in [0.4, 0.5) is 0 Å². The zero-order chi connectivity index (χ0) is 16.9. The monoisotopic (exact) mass is 346 g/mol. The van der Waals surface area contributed by atoms with Crippen molar-refractivity contribution in [1.29, 1.82) is 0 Å². The third-order valence-electron chi connectivity index (χ3n) is 4.61. The molecule has 0 spiro atoms. The van der Waals surface area contributed by atoms with Gasteiger partial charge < -0.3 is 5.32 Å². The minimum Gasteiger partial charge on any atom is -0.350 e. The molecule has 1 aromatic heterocycles. The SMILES string of the molecule is CCc1[nH]ncc1C(=O)NC[C@@H](c1ccc(Cl)cc1)N1CCCC1. The van der Waals surface area contributed by atoms with E-state index in [2.05, 4.69) is 20.4 Å². The average Bonchev–Trinajstić information content (AvgIpc) is 3.27. The van der Waals surface area contributed by atoms with E-state index < -0.39 is 0 Å². The number of aromatic nitrogens is 2. The van der Waals surface area contributed by atoms with Crippen LogP contribution in [0.3, 0.4) is 0 Å². The van der Waals surface area contributed by atoms with E-state index in [1.807, 2.05) is 31.2 Å². The van der Waals surface area contributed by atoms with Gasteiger partial charge in [-0.2, -0.15) is 5.10 Å². The van der Waals surface area contributed by atoms with Crippen LogP contribution in [-0.2, 0) is 6.42 Å². The van der Waals surface area contributed by atoms with E-state index in [0.717, 1.165) is 30.2 Å². The summed E-state index contributed by atoms with van der Waals surface area (Å²) < 4.78 is 0. The van der Waals surface area contributed by atoms with Crippen molar-refractivity contribution in [2.45, 2.75) is 32.2 Å². The van der Waals surface area contributed by atoms with Crippen molar-refractivity contribution in [1.82, 2.24) is 20.4 Å². The lowest BCUT2D eigenvalue weighted by atomic mass is 10.1. The Bertz CT molecular complexity index is 677. The molecule has 24 heavy (non-hydrogen) atoms. The van der Waals surface area contributed by atoms with E-state index in [4.69, 9.17) is 11.6 Å². The van der Waals surface area contributed by atoms with Crippen molar-refractivity contribution in [3.8, 4) is 0 Å². The number of H-pyrrole nitrogens is 1. The second kappa shape index (κ2) is 7.81. The molecule has 1 atom stereocenters. The molecule has 6 heteroatoms. The number of likely N-dealkylation sites (tertiary alicyclic amines) is 1. The lowest BCUT2D eigenvalue weighted by Crippen LogP contribution is -2.37. The van der Waals surface area contributed by atoms with Gasteiger partial charge in [0, 0.05) is 17.3 Å². The van der Waals surface area contributed by atoms with Crippen molar-refractivity contribution >= 4 is 17.5 Å². The van der Waals surface area contributed by atoms with Gasteiger partial charge in [-0.1, -0.05) is 30.7 Å². The Balaban J connectivity index is 1.72. The van der Waals surface area contributed by atoms with Gasteiger partial charge >= 0.3 is 0 Å². The summed E-state index contributed by atoms with van der Waals surface area (Å²) in [5, 5.41) is 10.7. The molecule has 2 aromatic rings. The van der Waals surface area contributed by atoms with Crippen molar-refractivity contribution in [2.24, 2.45) is 0 Å². The normalized spacial score (nSPS) is 16.2. The average molecular weight is 347 g/mol. The van der Waals surface area contributed by atoms with Crippen LogP contribution in [0.1, 0.15) is 47.4 Å². The fourth-order valence-corrected chi connectivity index (χ4v) is 3.38. The molecular formula is C18H23ClN4O. The number of hydrogen-bond acceptors (Lipinski definition) is 3. The first-order valence-electron chi connectivity index (χ1n) is 8.49. The minimum atomic E-state index is -0.0706. The Hall–Kier alpha value is -1.85. The van der Waals surface area contributed by atoms with E-state index in [1.165, 1.54) is 18.4 Å². The molecule has 5 nitrogen and oxygen atoms in total. The van der Waals surface area contributed by atoms with Gasteiger partial charge in [-0.25, -0.2) is 0 Å².